The smallest absolute Gasteiger partial charge is 0.326 e. The summed E-state index contributed by atoms with van der Waals surface area (Å²) in [4.78, 5) is 48.8. The molecule has 2 aromatic carbocycles. The van der Waals surface area contributed by atoms with E-state index in [4.69, 9.17) is 23.2 Å². The molecule has 1 aliphatic carbocycles. The van der Waals surface area contributed by atoms with Crippen LogP contribution in [0.5, 0.6) is 0 Å². The molecule has 0 aromatic heterocycles. The van der Waals surface area contributed by atoms with Gasteiger partial charge in [0, 0.05) is 23.9 Å². The molecule has 0 aliphatic heterocycles. The van der Waals surface area contributed by atoms with Gasteiger partial charge in [0.25, 0.3) is 5.91 Å². The molecule has 180 valence electrons. The summed E-state index contributed by atoms with van der Waals surface area (Å²) in [6.45, 7) is 5.21. The number of hydrogen-bond donors (Lipinski definition) is 3. The summed E-state index contributed by atoms with van der Waals surface area (Å²) >= 11 is 12.1. The van der Waals surface area contributed by atoms with Gasteiger partial charge in [-0.3, -0.25) is 14.4 Å². The van der Waals surface area contributed by atoms with Crippen molar-refractivity contribution in [1.82, 2.24) is 5.32 Å². The highest BCUT2D eigenvalue weighted by Crippen LogP contribution is 2.51. The van der Waals surface area contributed by atoms with Gasteiger partial charge in [0.2, 0.25) is 5.91 Å². The number of carboxylic acid groups (broad SMARTS) is 1. The van der Waals surface area contributed by atoms with Crippen LogP contribution in [0.15, 0.2) is 42.5 Å². The van der Waals surface area contributed by atoms with E-state index >= 15 is 0 Å². The lowest BCUT2D eigenvalue weighted by Gasteiger charge is -2.50. The predicted octanol–water partition coefficient (Wildman–Crippen LogP) is 4.61. The highest BCUT2D eigenvalue weighted by molar-refractivity contribution is 6.40. The monoisotopic (exact) mass is 504 g/mol. The number of aliphatic carboxylic acids is 1. The zero-order valence-electron chi connectivity index (χ0n) is 19.0. The van der Waals surface area contributed by atoms with Crippen molar-refractivity contribution in [2.24, 2.45) is 17.3 Å². The summed E-state index contributed by atoms with van der Waals surface area (Å²) in [5.74, 6) is -2.57. The molecule has 0 unspecified atom stereocenters. The Bertz CT molecular complexity index is 1110. The third kappa shape index (κ3) is 5.42. The van der Waals surface area contributed by atoms with Crippen molar-refractivity contribution in [2.45, 2.75) is 39.7 Å². The van der Waals surface area contributed by atoms with E-state index in [-0.39, 0.29) is 39.6 Å². The fourth-order valence-electron chi connectivity index (χ4n) is 4.40. The van der Waals surface area contributed by atoms with Crippen LogP contribution in [0.25, 0.3) is 0 Å². The molecule has 3 N–H and O–H groups in total. The number of halogens is 2. The summed E-state index contributed by atoms with van der Waals surface area (Å²) in [7, 11) is 0. The van der Waals surface area contributed by atoms with E-state index in [1.165, 1.54) is 6.92 Å². The predicted molar refractivity (Wildman–Crippen MR) is 130 cm³/mol. The van der Waals surface area contributed by atoms with E-state index in [9.17, 15) is 24.3 Å². The number of carbonyl (C=O) groups excluding carboxylic acids is 3. The highest BCUT2D eigenvalue weighted by Gasteiger charge is 2.53. The number of benzene rings is 2. The van der Waals surface area contributed by atoms with Gasteiger partial charge in [0.05, 0.1) is 15.6 Å². The number of anilines is 1. The van der Waals surface area contributed by atoms with Crippen molar-refractivity contribution in [1.29, 1.82) is 0 Å². The van der Waals surface area contributed by atoms with Crippen LogP contribution < -0.4 is 10.6 Å². The maximum Gasteiger partial charge on any atom is 0.326 e. The number of carboxylic acids is 1. The fourth-order valence-corrected chi connectivity index (χ4v) is 4.97. The van der Waals surface area contributed by atoms with Crippen molar-refractivity contribution in [2.75, 3.05) is 5.32 Å². The normalized spacial score (nSPS) is 19.4. The topological polar surface area (TPSA) is 113 Å². The van der Waals surface area contributed by atoms with Crippen LogP contribution in [-0.2, 0) is 20.8 Å². The molecular weight excluding hydrogens is 479 g/mol. The zero-order valence-corrected chi connectivity index (χ0v) is 20.5. The van der Waals surface area contributed by atoms with Crippen LogP contribution in [-0.4, -0.2) is 34.7 Å². The van der Waals surface area contributed by atoms with Gasteiger partial charge in [-0.1, -0.05) is 55.2 Å². The molecule has 2 amide bonds. The molecule has 0 saturated heterocycles. The minimum Gasteiger partial charge on any atom is -0.480 e. The van der Waals surface area contributed by atoms with Gasteiger partial charge in [-0.2, -0.15) is 0 Å². The Labute approximate surface area is 207 Å². The van der Waals surface area contributed by atoms with Gasteiger partial charge in [-0.05, 0) is 48.6 Å². The highest BCUT2D eigenvalue weighted by atomic mass is 35.5. The summed E-state index contributed by atoms with van der Waals surface area (Å²) < 4.78 is 0. The molecule has 0 heterocycles. The molecule has 2 aromatic rings. The average Bonchev–Trinajstić information content (AvgIpc) is 2.73. The van der Waals surface area contributed by atoms with E-state index in [1.54, 1.807) is 42.5 Å². The molecule has 0 bridgehead atoms. The Balaban J connectivity index is 1.63. The maximum atomic E-state index is 12.7. The van der Waals surface area contributed by atoms with Crippen LogP contribution in [0, 0.1) is 17.3 Å². The number of carbonyl (C=O) groups is 4. The summed E-state index contributed by atoms with van der Waals surface area (Å²) in [6, 6.07) is 10.3. The molecule has 0 radical (unpaired) electrons. The van der Waals surface area contributed by atoms with Crippen molar-refractivity contribution in [3.63, 3.8) is 0 Å². The van der Waals surface area contributed by atoms with Gasteiger partial charge in [0.15, 0.2) is 0 Å². The van der Waals surface area contributed by atoms with E-state index < -0.39 is 29.3 Å². The summed E-state index contributed by atoms with van der Waals surface area (Å²) in [5.41, 5.74) is 0.793. The van der Waals surface area contributed by atoms with E-state index in [1.807, 2.05) is 13.8 Å². The van der Waals surface area contributed by atoms with Crippen LogP contribution in [0.4, 0.5) is 5.69 Å². The number of hydrogen-bond acceptors (Lipinski definition) is 4. The minimum absolute atomic E-state index is 0.0350. The largest absolute Gasteiger partial charge is 0.480 e. The standard InChI is InChI=1S/C25H26Cl2N2O5/c1-13(30)16-12-17(25(16,2)3)22(31)29-20(24(33)34)11-14-7-9-15(10-8-14)28-23(32)21-18(26)5-4-6-19(21)27/h4-10,16-17,20H,11-12H2,1-3H3,(H,28,32)(H,29,31)(H,33,34)/t16-,17-,20+/m1/s1. The first-order chi connectivity index (χ1) is 15.9. The van der Waals surface area contributed by atoms with E-state index in [2.05, 4.69) is 10.6 Å². The van der Waals surface area contributed by atoms with Gasteiger partial charge in [-0.25, -0.2) is 4.79 Å². The van der Waals surface area contributed by atoms with Crippen LogP contribution in [0.2, 0.25) is 10.0 Å². The Morgan fingerprint density at radius 1 is 1.03 bits per heavy atom. The molecule has 9 heteroatoms. The SMILES string of the molecule is CC(=O)[C@H]1C[C@H](C(=O)N[C@@H](Cc2ccc(NC(=O)c3c(Cl)cccc3Cl)cc2)C(=O)O)C1(C)C. The first kappa shape index (κ1) is 25.7. The maximum absolute atomic E-state index is 12.7. The average molecular weight is 505 g/mol. The summed E-state index contributed by atoms with van der Waals surface area (Å²) in [5, 5.41) is 15.4. The van der Waals surface area contributed by atoms with E-state index in [0.717, 1.165) is 0 Å². The third-order valence-corrected chi connectivity index (χ3v) is 7.16. The molecule has 3 atom stereocenters. The van der Waals surface area contributed by atoms with Crippen molar-refractivity contribution < 1.29 is 24.3 Å². The van der Waals surface area contributed by atoms with Crippen LogP contribution in [0.3, 0.4) is 0 Å². The first-order valence-electron chi connectivity index (χ1n) is 10.8. The lowest BCUT2D eigenvalue weighted by molar-refractivity contribution is -0.152. The zero-order chi connectivity index (χ0) is 25.2. The Morgan fingerprint density at radius 3 is 2.12 bits per heavy atom. The number of nitrogens with one attached hydrogen (secondary N) is 2. The van der Waals surface area contributed by atoms with Gasteiger partial charge < -0.3 is 15.7 Å². The van der Waals surface area contributed by atoms with Crippen molar-refractivity contribution >= 4 is 52.5 Å². The third-order valence-electron chi connectivity index (χ3n) is 6.53. The van der Waals surface area contributed by atoms with E-state index in [0.29, 0.717) is 17.7 Å². The second-order valence-corrected chi connectivity index (χ2v) is 9.94. The number of Topliss-reactive ketones (excluding diaryl/α,β-unsaturated/α-hetero) is 1. The number of amides is 2. The number of rotatable bonds is 8. The quantitative estimate of drug-likeness (QED) is 0.485. The van der Waals surface area contributed by atoms with Crippen LogP contribution in [0.1, 0.15) is 43.1 Å². The Hall–Kier alpha value is -2.90. The molecule has 1 fully saturated rings. The molecule has 1 saturated carbocycles. The lowest BCUT2D eigenvalue weighted by atomic mass is 9.53. The van der Waals surface area contributed by atoms with Crippen molar-refractivity contribution in [3.8, 4) is 0 Å². The second-order valence-electron chi connectivity index (χ2n) is 9.12. The Kier molecular flexibility index (Phi) is 7.68. The van der Waals surface area contributed by atoms with Gasteiger partial charge in [0.1, 0.15) is 11.8 Å². The minimum atomic E-state index is -1.15. The molecule has 0 spiro atoms. The Morgan fingerprint density at radius 2 is 1.62 bits per heavy atom. The molecule has 3 rings (SSSR count). The molecule has 7 nitrogen and oxygen atoms in total. The summed E-state index contributed by atoms with van der Waals surface area (Å²) in [6.07, 6.45) is 0.485. The second kappa shape index (κ2) is 10.2. The van der Waals surface area contributed by atoms with Crippen LogP contribution >= 0.6 is 23.2 Å². The number of ketones is 1. The van der Waals surface area contributed by atoms with Crippen molar-refractivity contribution in [3.05, 3.63) is 63.6 Å². The molecule has 34 heavy (non-hydrogen) atoms. The van der Waals surface area contributed by atoms with Gasteiger partial charge >= 0.3 is 5.97 Å². The molecular formula is C25H26Cl2N2O5. The first-order valence-corrected chi connectivity index (χ1v) is 11.5. The van der Waals surface area contributed by atoms with Gasteiger partial charge in [-0.15, -0.1) is 0 Å². The lowest BCUT2D eigenvalue weighted by Crippen LogP contribution is -2.57. The molecule has 1 aliphatic rings. The fraction of sp³-hybridized carbons (Fsp3) is 0.360.